The van der Waals surface area contributed by atoms with Gasteiger partial charge in [-0.15, -0.1) is 0 Å². The van der Waals surface area contributed by atoms with Gasteiger partial charge in [-0.25, -0.2) is 0 Å². The number of phenols is 1. The highest BCUT2D eigenvalue weighted by atomic mass is 16.3. The predicted molar refractivity (Wildman–Crippen MR) is 108 cm³/mol. The molecule has 1 aromatic heterocycles. The maximum Gasteiger partial charge on any atom is 0.222 e. The van der Waals surface area contributed by atoms with Crippen LogP contribution in [0, 0.1) is 0 Å². The molecule has 3 aromatic rings. The van der Waals surface area contributed by atoms with Crippen molar-refractivity contribution in [1.82, 2.24) is 9.88 Å². The molecule has 0 aliphatic carbocycles. The van der Waals surface area contributed by atoms with Crippen molar-refractivity contribution in [2.45, 2.75) is 38.0 Å². The summed E-state index contributed by atoms with van der Waals surface area (Å²) in [4.78, 5) is 17.9. The zero-order valence-electron chi connectivity index (χ0n) is 15.5. The molecular weight excluding hydrogens is 336 g/mol. The minimum absolute atomic E-state index is 0.277. The van der Waals surface area contributed by atoms with Gasteiger partial charge in [-0.3, -0.25) is 4.79 Å². The van der Waals surface area contributed by atoms with Crippen LogP contribution in [0.25, 0.3) is 10.9 Å². The van der Waals surface area contributed by atoms with E-state index in [2.05, 4.69) is 29.4 Å². The molecule has 1 amide bonds. The Balaban J connectivity index is 1.25. The summed E-state index contributed by atoms with van der Waals surface area (Å²) in [6.07, 6.45) is 6.50. The number of para-hydroxylation sites is 1. The number of phenolic OH excluding ortho intramolecular Hbond substituents is 1. The third-order valence-electron chi connectivity index (χ3n) is 5.72. The summed E-state index contributed by atoms with van der Waals surface area (Å²) in [6.45, 7) is 1.66. The molecule has 2 heterocycles. The van der Waals surface area contributed by atoms with Crippen LogP contribution in [0.2, 0.25) is 0 Å². The Morgan fingerprint density at radius 2 is 1.81 bits per heavy atom. The quantitative estimate of drug-likeness (QED) is 0.697. The number of aryl methyl sites for hydroxylation is 1. The maximum atomic E-state index is 12.6. The molecule has 2 N–H and O–H groups in total. The average molecular weight is 362 g/mol. The number of likely N-dealkylation sites (tertiary alicyclic amines) is 1. The van der Waals surface area contributed by atoms with E-state index in [4.69, 9.17) is 0 Å². The van der Waals surface area contributed by atoms with E-state index in [1.807, 2.05) is 23.1 Å². The Labute approximate surface area is 159 Å². The van der Waals surface area contributed by atoms with Gasteiger partial charge in [0.1, 0.15) is 5.75 Å². The fourth-order valence-electron chi connectivity index (χ4n) is 4.14. The zero-order valence-corrected chi connectivity index (χ0v) is 15.5. The summed E-state index contributed by atoms with van der Waals surface area (Å²) in [7, 11) is 0. The zero-order chi connectivity index (χ0) is 18.6. The van der Waals surface area contributed by atoms with Gasteiger partial charge in [0.15, 0.2) is 0 Å². The topological polar surface area (TPSA) is 56.3 Å². The van der Waals surface area contributed by atoms with Gasteiger partial charge < -0.3 is 15.0 Å². The van der Waals surface area contributed by atoms with E-state index in [1.165, 1.54) is 16.5 Å². The first-order valence-electron chi connectivity index (χ1n) is 9.82. The highest BCUT2D eigenvalue weighted by molar-refractivity contribution is 5.83. The van der Waals surface area contributed by atoms with Gasteiger partial charge in [0, 0.05) is 36.6 Å². The number of hydrogen-bond donors (Lipinski definition) is 2. The number of piperidine rings is 1. The molecule has 0 atom stereocenters. The van der Waals surface area contributed by atoms with Crippen LogP contribution in [0.1, 0.15) is 42.7 Å². The number of aromatic nitrogens is 1. The van der Waals surface area contributed by atoms with Crippen molar-refractivity contribution in [2.75, 3.05) is 13.1 Å². The van der Waals surface area contributed by atoms with Crippen LogP contribution in [0.15, 0.2) is 54.7 Å². The largest absolute Gasteiger partial charge is 0.508 e. The van der Waals surface area contributed by atoms with Gasteiger partial charge in [0.05, 0.1) is 0 Å². The van der Waals surface area contributed by atoms with Crippen LogP contribution in [0.5, 0.6) is 5.75 Å². The molecule has 1 aliphatic heterocycles. The maximum absolute atomic E-state index is 12.6. The minimum atomic E-state index is 0.277. The number of fused-ring (bicyclic) bond motifs is 1. The molecule has 1 fully saturated rings. The number of carbonyl (C=O) groups excluding carboxylic acids is 1. The van der Waals surface area contributed by atoms with Gasteiger partial charge in [0.25, 0.3) is 0 Å². The van der Waals surface area contributed by atoms with Crippen molar-refractivity contribution < 1.29 is 9.90 Å². The molecule has 140 valence electrons. The number of benzene rings is 2. The number of aromatic amines is 1. The van der Waals surface area contributed by atoms with Crippen molar-refractivity contribution in [3.05, 3.63) is 65.9 Å². The molecule has 1 saturated heterocycles. The first-order chi connectivity index (χ1) is 13.2. The molecule has 2 aromatic carbocycles. The first kappa shape index (κ1) is 17.7. The Hall–Kier alpha value is -2.75. The van der Waals surface area contributed by atoms with Gasteiger partial charge in [-0.1, -0.05) is 30.3 Å². The Kier molecular flexibility index (Phi) is 5.14. The van der Waals surface area contributed by atoms with Gasteiger partial charge in [-0.05, 0) is 60.9 Å². The van der Waals surface area contributed by atoms with Crippen LogP contribution in [-0.2, 0) is 11.2 Å². The van der Waals surface area contributed by atoms with Crippen molar-refractivity contribution in [2.24, 2.45) is 0 Å². The van der Waals surface area contributed by atoms with E-state index in [-0.39, 0.29) is 5.91 Å². The van der Waals surface area contributed by atoms with Crippen LogP contribution < -0.4 is 0 Å². The lowest BCUT2D eigenvalue weighted by atomic mass is 9.89. The van der Waals surface area contributed by atoms with Crippen molar-refractivity contribution in [3.63, 3.8) is 0 Å². The molecule has 0 radical (unpaired) electrons. The fraction of sp³-hybridized carbons (Fsp3) is 0.348. The standard InChI is InChI=1S/C23H26N2O2/c26-20-10-8-17(9-11-20)18-12-14-25(15-13-18)23(27)7-3-4-19-16-24-22-6-2-1-5-21(19)22/h1-2,5-6,8-11,16,18,24,26H,3-4,7,12-15H2. The van der Waals surface area contributed by atoms with Crippen LogP contribution in [0.3, 0.4) is 0 Å². The number of nitrogens with one attached hydrogen (secondary N) is 1. The number of amides is 1. The Morgan fingerprint density at radius 3 is 2.59 bits per heavy atom. The van der Waals surface area contributed by atoms with Gasteiger partial charge >= 0.3 is 0 Å². The van der Waals surface area contributed by atoms with E-state index in [0.717, 1.165) is 44.3 Å². The smallest absolute Gasteiger partial charge is 0.222 e. The lowest BCUT2D eigenvalue weighted by Crippen LogP contribution is -2.37. The van der Waals surface area contributed by atoms with Crippen molar-refractivity contribution in [1.29, 1.82) is 0 Å². The minimum Gasteiger partial charge on any atom is -0.508 e. The second-order valence-electron chi connectivity index (χ2n) is 7.46. The summed E-state index contributed by atoms with van der Waals surface area (Å²) < 4.78 is 0. The summed E-state index contributed by atoms with van der Waals surface area (Å²) >= 11 is 0. The molecule has 4 rings (SSSR count). The summed E-state index contributed by atoms with van der Waals surface area (Å²) in [5.41, 5.74) is 3.72. The van der Waals surface area contributed by atoms with Gasteiger partial charge in [-0.2, -0.15) is 0 Å². The van der Waals surface area contributed by atoms with Gasteiger partial charge in [0.2, 0.25) is 5.91 Å². The predicted octanol–water partition coefficient (Wildman–Crippen LogP) is 4.60. The van der Waals surface area contributed by atoms with Crippen molar-refractivity contribution in [3.8, 4) is 5.75 Å². The second-order valence-corrected chi connectivity index (χ2v) is 7.46. The number of carbonyl (C=O) groups is 1. The molecule has 0 bridgehead atoms. The second kappa shape index (κ2) is 7.87. The summed E-state index contributed by atoms with van der Waals surface area (Å²) in [6, 6.07) is 15.8. The van der Waals surface area contributed by atoms with Crippen LogP contribution >= 0.6 is 0 Å². The molecule has 0 unspecified atom stereocenters. The summed E-state index contributed by atoms with van der Waals surface area (Å²) in [5, 5.41) is 10.7. The number of aromatic hydroxyl groups is 1. The number of rotatable bonds is 5. The highest BCUT2D eigenvalue weighted by Gasteiger charge is 2.23. The van der Waals surface area contributed by atoms with Crippen LogP contribution in [-0.4, -0.2) is 34.0 Å². The van der Waals surface area contributed by atoms with E-state index >= 15 is 0 Å². The first-order valence-corrected chi connectivity index (χ1v) is 9.82. The molecule has 0 saturated carbocycles. The third kappa shape index (κ3) is 4.00. The molecule has 0 spiro atoms. The fourth-order valence-corrected chi connectivity index (χ4v) is 4.14. The number of nitrogens with zero attached hydrogens (tertiary/aromatic N) is 1. The highest BCUT2D eigenvalue weighted by Crippen LogP contribution is 2.29. The molecule has 1 aliphatic rings. The van der Waals surface area contributed by atoms with Crippen LogP contribution in [0.4, 0.5) is 0 Å². The van der Waals surface area contributed by atoms with E-state index in [9.17, 15) is 9.90 Å². The third-order valence-corrected chi connectivity index (χ3v) is 5.72. The normalized spacial score (nSPS) is 15.3. The number of hydrogen-bond acceptors (Lipinski definition) is 2. The molecular formula is C23H26N2O2. The molecule has 4 nitrogen and oxygen atoms in total. The molecule has 27 heavy (non-hydrogen) atoms. The lowest BCUT2D eigenvalue weighted by Gasteiger charge is -2.32. The average Bonchev–Trinajstić information content (AvgIpc) is 3.12. The van der Waals surface area contributed by atoms with Crippen molar-refractivity contribution >= 4 is 16.8 Å². The SMILES string of the molecule is O=C(CCCc1c[nH]c2ccccc12)N1CCC(c2ccc(O)cc2)CC1. The lowest BCUT2D eigenvalue weighted by molar-refractivity contribution is -0.132. The molecule has 4 heteroatoms. The van der Waals surface area contributed by atoms with E-state index in [1.54, 1.807) is 12.1 Å². The summed E-state index contributed by atoms with van der Waals surface area (Å²) in [5.74, 6) is 1.07. The van der Waals surface area contributed by atoms with E-state index < -0.39 is 0 Å². The van der Waals surface area contributed by atoms with E-state index in [0.29, 0.717) is 18.1 Å². The Bertz CT molecular complexity index is 906. The monoisotopic (exact) mass is 362 g/mol. The Morgan fingerprint density at radius 1 is 1.07 bits per heavy atom. The number of H-pyrrole nitrogens is 1.